The van der Waals surface area contributed by atoms with Gasteiger partial charge in [0, 0.05) is 5.57 Å². The Labute approximate surface area is 157 Å². The molecule has 2 aliphatic heterocycles. The van der Waals surface area contributed by atoms with Crippen LogP contribution in [-0.4, -0.2) is 31.8 Å². The number of hydrogen-bond donors (Lipinski definition) is 1. The Hall–Kier alpha value is -2.74. The second-order valence-corrected chi connectivity index (χ2v) is 9.00. The first-order valence-electron chi connectivity index (χ1n) is 8.97. The maximum atomic E-state index is 12.7. The molecular weight excluding hydrogens is 366 g/mol. The smallest absolute Gasteiger partial charge is 0.238 e. The zero-order valence-corrected chi connectivity index (χ0v) is 15.4. The predicted molar refractivity (Wildman–Crippen MR) is 102 cm³/mol. The lowest BCUT2D eigenvalue weighted by Crippen LogP contribution is -2.40. The molecule has 8 heteroatoms. The van der Waals surface area contributed by atoms with E-state index in [-0.39, 0.29) is 5.25 Å². The number of aromatic nitrogens is 1. The standard InChI is InChI=1S/C19H19N3O4S/c23-27(24,16-5-6-16)22-7-8-25-19-17(22)10-14(11-20-19)21-15-9-13-3-1-2-4-18(13)26-12-15/h1-2,4,9-12,16,21H,3,5-8H2. The summed E-state index contributed by atoms with van der Waals surface area (Å²) in [7, 11) is -3.35. The van der Waals surface area contributed by atoms with Crippen molar-refractivity contribution in [2.75, 3.05) is 22.8 Å². The van der Waals surface area contributed by atoms with Crippen LogP contribution in [0.4, 0.5) is 11.4 Å². The highest BCUT2D eigenvalue weighted by Gasteiger charge is 2.42. The molecule has 0 bridgehead atoms. The van der Waals surface area contributed by atoms with Crippen LogP contribution in [0.25, 0.3) is 0 Å². The molecule has 27 heavy (non-hydrogen) atoms. The van der Waals surface area contributed by atoms with Crippen LogP contribution in [0.1, 0.15) is 19.3 Å². The first kappa shape index (κ1) is 16.4. The van der Waals surface area contributed by atoms with Gasteiger partial charge in [-0.25, -0.2) is 13.4 Å². The lowest BCUT2D eigenvalue weighted by molar-refractivity contribution is 0.303. The number of sulfonamides is 1. The molecule has 1 aromatic rings. The van der Waals surface area contributed by atoms with Crippen molar-refractivity contribution in [2.24, 2.45) is 0 Å². The molecule has 0 spiro atoms. The van der Waals surface area contributed by atoms with Crippen LogP contribution in [0.15, 0.2) is 59.9 Å². The van der Waals surface area contributed by atoms with Crippen molar-refractivity contribution >= 4 is 21.4 Å². The van der Waals surface area contributed by atoms with Gasteiger partial charge in [-0.2, -0.15) is 0 Å². The normalized spacial score (nSPS) is 21.0. The van der Waals surface area contributed by atoms with E-state index in [0.717, 1.165) is 36.3 Å². The third-order valence-electron chi connectivity index (χ3n) is 4.86. The summed E-state index contributed by atoms with van der Waals surface area (Å²) in [5.41, 5.74) is 3.05. The maximum Gasteiger partial charge on any atom is 0.238 e. The molecule has 140 valence electrons. The second-order valence-electron chi connectivity index (χ2n) is 6.86. The number of pyridine rings is 1. The number of hydrogen-bond acceptors (Lipinski definition) is 6. The SMILES string of the molecule is O=S(=O)(C1CC1)N1CCOc2ncc(NC3=COC4=CC=CCC4=C3)cc21. The summed E-state index contributed by atoms with van der Waals surface area (Å²) in [6.45, 7) is 0.625. The van der Waals surface area contributed by atoms with E-state index in [1.54, 1.807) is 18.5 Å². The number of fused-ring (bicyclic) bond motifs is 2. The number of allylic oxidation sites excluding steroid dienone is 5. The summed E-state index contributed by atoms with van der Waals surface area (Å²) < 4.78 is 38.1. The van der Waals surface area contributed by atoms with Gasteiger partial charge >= 0.3 is 0 Å². The summed E-state index contributed by atoms with van der Waals surface area (Å²) in [6, 6.07) is 1.77. The Kier molecular flexibility index (Phi) is 3.75. The zero-order valence-electron chi connectivity index (χ0n) is 14.6. The van der Waals surface area contributed by atoms with Crippen molar-refractivity contribution in [2.45, 2.75) is 24.5 Å². The lowest BCUT2D eigenvalue weighted by atomic mass is 10.0. The van der Waals surface area contributed by atoms with Gasteiger partial charge in [0.15, 0.2) is 0 Å². The molecule has 7 nitrogen and oxygen atoms in total. The molecule has 0 radical (unpaired) electrons. The molecule has 0 aromatic carbocycles. The molecule has 0 saturated heterocycles. The predicted octanol–water partition coefficient (Wildman–Crippen LogP) is 2.83. The fourth-order valence-electron chi connectivity index (χ4n) is 3.34. The van der Waals surface area contributed by atoms with Gasteiger partial charge in [-0.15, -0.1) is 0 Å². The average molecular weight is 385 g/mol. The Morgan fingerprint density at radius 1 is 1.30 bits per heavy atom. The van der Waals surface area contributed by atoms with Crippen molar-refractivity contribution in [3.63, 3.8) is 0 Å². The van der Waals surface area contributed by atoms with Crippen LogP contribution in [0.5, 0.6) is 5.88 Å². The van der Waals surface area contributed by atoms with Gasteiger partial charge in [0.1, 0.15) is 24.3 Å². The van der Waals surface area contributed by atoms with E-state index in [0.29, 0.717) is 30.4 Å². The Bertz CT molecular complexity index is 1020. The topological polar surface area (TPSA) is 80.8 Å². The molecule has 5 rings (SSSR count). The first-order valence-corrected chi connectivity index (χ1v) is 10.5. The lowest BCUT2D eigenvalue weighted by Gasteiger charge is -2.30. The van der Waals surface area contributed by atoms with E-state index in [4.69, 9.17) is 9.47 Å². The molecule has 2 aliphatic carbocycles. The minimum atomic E-state index is -3.35. The minimum Gasteiger partial charge on any atom is -0.474 e. The van der Waals surface area contributed by atoms with Gasteiger partial charge < -0.3 is 14.8 Å². The van der Waals surface area contributed by atoms with Crippen LogP contribution in [0, 0.1) is 0 Å². The summed E-state index contributed by atoms with van der Waals surface area (Å²) in [5, 5.41) is 2.98. The fraction of sp³-hybridized carbons (Fsp3) is 0.316. The number of rotatable bonds is 4. The van der Waals surface area contributed by atoms with Gasteiger partial charge in [0.05, 0.1) is 29.4 Å². The van der Waals surface area contributed by atoms with Gasteiger partial charge in [-0.3, -0.25) is 4.31 Å². The van der Waals surface area contributed by atoms with E-state index in [1.807, 2.05) is 18.2 Å². The third-order valence-corrected chi connectivity index (χ3v) is 7.16. The molecule has 4 aliphatic rings. The molecule has 1 saturated carbocycles. The van der Waals surface area contributed by atoms with Crippen LogP contribution in [0.2, 0.25) is 0 Å². The maximum absolute atomic E-state index is 12.7. The van der Waals surface area contributed by atoms with E-state index < -0.39 is 10.0 Å². The van der Waals surface area contributed by atoms with Crippen LogP contribution in [-0.2, 0) is 14.8 Å². The molecule has 0 unspecified atom stereocenters. The van der Waals surface area contributed by atoms with Crippen LogP contribution in [0.3, 0.4) is 0 Å². The van der Waals surface area contributed by atoms with E-state index >= 15 is 0 Å². The highest BCUT2D eigenvalue weighted by atomic mass is 32.2. The summed E-state index contributed by atoms with van der Waals surface area (Å²) in [6.07, 6.45) is 13.5. The quantitative estimate of drug-likeness (QED) is 0.858. The van der Waals surface area contributed by atoms with Crippen molar-refractivity contribution in [3.8, 4) is 5.88 Å². The Balaban J connectivity index is 1.42. The van der Waals surface area contributed by atoms with Crippen LogP contribution >= 0.6 is 0 Å². The largest absolute Gasteiger partial charge is 0.474 e. The molecule has 0 atom stereocenters. The van der Waals surface area contributed by atoms with E-state index in [2.05, 4.69) is 16.4 Å². The van der Waals surface area contributed by atoms with Crippen molar-refractivity contribution in [1.29, 1.82) is 0 Å². The third kappa shape index (κ3) is 2.99. The van der Waals surface area contributed by atoms with Crippen molar-refractivity contribution in [1.82, 2.24) is 4.98 Å². The second kappa shape index (κ2) is 6.16. The molecule has 3 heterocycles. The van der Waals surface area contributed by atoms with Gasteiger partial charge in [0.2, 0.25) is 15.9 Å². The molecule has 1 N–H and O–H groups in total. The summed E-state index contributed by atoms with van der Waals surface area (Å²) in [5.74, 6) is 1.20. The number of ether oxygens (including phenoxy) is 2. The zero-order chi connectivity index (χ0) is 18.4. The Morgan fingerprint density at radius 3 is 3.04 bits per heavy atom. The van der Waals surface area contributed by atoms with Crippen molar-refractivity contribution in [3.05, 3.63) is 59.9 Å². The average Bonchev–Trinajstić information content (AvgIpc) is 3.53. The van der Waals surface area contributed by atoms with E-state index in [1.165, 1.54) is 4.31 Å². The van der Waals surface area contributed by atoms with E-state index in [9.17, 15) is 8.42 Å². The molecule has 1 aromatic heterocycles. The Morgan fingerprint density at radius 2 is 2.19 bits per heavy atom. The monoisotopic (exact) mass is 385 g/mol. The van der Waals surface area contributed by atoms with Crippen molar-refractivity contribution < 1.29 is 17.9 Å². The summed E-state index contributed by atoms with van der Waals surface area (Å²) in [4.78, 5) is 4.31. The molecular formula is C19H19N3O4S. The fourth-order valence-corrected chi connectivity index (χ4v) is 5.16. The number of nitrogens with zero attached hydrogens (tertiary/aromatic N) is 2. The minimum absolute atomic E-state index is 0.274. The van der Waals surface area contributed by atoms with Crippen LogP contribution < -0.4 is 14.4 Å². The highest BCUT2D eigenvalue weighted by molar-refractivity contribution is 7.93. The number of anilines is 2. The molecule has 0 amide bonds. The number of nitrogens with one attached hydrogen (secondary N) is 1. The highest BCUT2D eigenvalue weighted by Crippen LogP contribution is 2.39. The van der Waals surface area contributed by atoms with Gasteiger partial charge in [-0.1, -0.05) is 12.2 Å². The first-order chi connectivity index (χ1) is 13.1. The van der Waals surface area contributed by atoms with Gasteiger partial charge in [0.25, 0.3) is 0 Å². The summed E-state index contributed by atoms with van der Waals surface area (Å²) >= 11 is 0. The molecule has 1 fully saturated rings. The van der Waals surface area contributed by atoms with Gasteiger partial charge in [-0.05, 0) is 37.5 Å².